The van der Waals surface area contributed by atoms with Gasteiger partial charge in [0, 0.05) is 49.8 Å². The number of thiophene rings is 1. The number of amides is 1. The molecule has 2 aromatic rings. The predicted molar refractivity (Wildman–Crippen MR) is 89.6 cm³/mol. The number of carbonyl (C=O) groups is 1. The number of benzene rings is 1. The quantitative estimate of drug-likeness (QED) is 0.936. The Bertz CT molecular complexity index is 763. The highest BCUT2D eigenvalue weighted by Gasteiger charge is 2.07. The highest BCUT2D eigenvalue weighted by molar-refractivity contribution is 7.92. The maximum absolute atomic E-state index is 11.9. The smallest absolute Gasteiger partial charge is 0.285 e. The molecule has 0 aliphatic carbocycles. The van der Waals surface area contributed by atoms with Gasteiger partial charge in [0.15, 0.2) is 0 Å². The van der Waals surface area contributed by atoms with Gasteiger partial charge in [0.1, 0.15) is 0 Å². The zero-order chi connectivity index (χ0) is 15.5. The van der Waals surface area contributed by atoms with Gasteiger partial charge in [-0.2, -0.15) is 4.36 Å². The molecule has 0 saturated carbocycles. The maximum atomic E-state index is 11.9. The van der Waals surface area contributed by atoms with Gasteiger partial charge < -0.3 is 5.32 Å². The van der Waals surface area contributed by atoms with Crippen LogP contribution in [0.4, 0.5) is 5.69 Å². The van der Waals surface area contributed by atoms with E-state index in [-0.39, 0.29) is 0 Å². The summed E-state index contributed by atoms with van der Waals surface area (Å²) in [6.07, 6.45) is 2.90. The van der Waals surface area contributed by atoms with Gasteiger partial charge in [-0.15, -0.1) is 11.3 Å². The van der Waals surface area contributed by atoms with Crippen molar-refractivity contribution in [3.05, 3.63) is 51.7 Å². The Morgan fingerprint density at radius 2 is 2.05 bits per heavy atom. The van der Waals surface area contributed by atoms with E-state index in [0.717, 1.165) is 5.69 Å². The minimum atomic E-state index is -2.43. The van der Waals surface area contributed by atoms with Crippen LogP contribution in [0.5, 0.6) is 0 Å². The maximum Gasteiger partial charge on any atom is 0.285 e. The molecule has 0 unspecified atom stereocenters. The summed E-state index contributed by atoms with van der Waals surface area (Å²) in [7, 11) is -2.43. The lowest BCUT2D eigenvalue weighted by Crippen LogP contribution is -2.03. The Morgan fingerprint density at radius 1 is 1.29 bits per heavy atom. The molecule has 0 atom stereocenters. The zero-order valence-electron chi connectivity index (χ0n) is 12.3. The molecule has 4 nitrogen and oxygen atoms in total. The lowest BCUT2D eigenvalue weighted by atomic mass is 10.2. The normalized spacial score (nSPS) is 11.2. The lowest BCUT2D eigenvalue weighted by molar-refractivity contribution is 0.100. The second kappa shape index (κ2) is 6.41. The fraction of sp³-hybridized carbons (Fsp3) is 0.267. The Labute approximate surface area is 129 Å². The third kappa shape index (κ3) is 4.99. The average molecular weight is 322 g/mol. The van der Waals surface area contributed by atoms with E-state index in [2.05, 4.69) is 28.7 Å². The van der Waals surface area contributed by atoms with Gasteiger partial charge in [0.25, 0.3) is 5.91 Å². The first-order chi connectivity index (χ1) is 9.83. The average Bonchev–Trinajstić information content (AvgIpc) is 2.81. The Balaban J connectivity index is 2.11. The lowest BCUT2D eigenvalue weighted by Gasteiger charge is -2.06. The van der Waals surface area contributed by atoms with Crippen LogP contribution in [-0.2, 0) is 16.3 Å². The minimum Gasteiger partial charge on any atom is -0.380 e. The van der Waals surface area contributed by atoms with Crippen LogP contribution < -0.4 is 5.32 Å². The molecular formula is C15H18N2O2S2. The molecule has 0 aliphatic rings. The molecule has 1 aromatic heterocycles. The highest BCUT2D eigenvalue weighted by Crippen LogP contribution is 2.18. The summed E-state index contributed by atoms with van der Waals surface area (Å²) in [5.41, 5.74) is 1.29. The molecule has 112 valence electrons. The third-order valence-corrected chi connectivity index (χ3v) is 4.28. The summed E-state index contributed by atoms with van der Waals surface area (Å²) < 4.78 is 15.3. The first-order valence-corrected chi connectivity index (χ1v) is 9.59. The van der Waals surface area contributed by atoms with Crippen molar-refractivity contribution in [3.63, 3.8) is 0 Å². The van der Waals surface area contributed by atoms with Gasteiger partial charge in [-0.25, -0.2) is 4.21 Å². The van der Waals surface area contributed by atoms with Crippen molar-refractivity contribution in [2.24, 2.45) is 4.36 Å². The number of hydrogen-bond acceptors (Lipinski definition) is 4. The van der Waals surface area contributed by atoms with Crippen molar-refractivity contribution in [2.45, 2.75) is 13.5 Å². The van der Waals surface area contributed by atoms with Gasteiger partial charge in [0.05, 0.1) is 0 Å². The number of aryl methyl sites for hydroxylation is 1. The van der Waals surface area contributed by atoms with Gasteiger partial charge in [-0.3, -0.25) is 4.79 Å². The minimum absolute atomic E-state index is 0.443. The first kappa shape index (κ1) is 15.7. The van der Waals surface area contributed by atoms with Crippen LogP contribution in [0.2, 0.25) is 0 Å². The molecule has 2 rings (SSSR count). The van der Waals surface area contributed by atoms with Crippen LogP contribution in [0.1, 0.15) is 20.1 Å². The van der Waals surface area contributed by atoms with E-state index >= 15 is 0 Å². The van der Waals surface area contributed by atoms with Gasteiger partial charge in [0.2, 0.25) is 0 Å². The van der Waals surface area contributed by atoms with Gasteiger partial charge >= 0.3 is 0 Å². The van der Waals surface area contributed by atoms with Crippen molar-refractivity contribution >= 4 is 32.7 Å². The van der Waals surface area contributed by atoms with Crippen LogP contribution in [0.3, 0.4) is 0 Å². The van der Waals surface area contributed by atoms with E-state index in [1.54, 1.807) is 29.5 Å². The third-order valence-electron chi connectivity index (χ3n) is 2.68. The van der Waals surface area contributed by atoms with Crippen LogP contribution in [-0.4, -0.2) is 22.6 Å². The SMILES string of the molecule is Cc1ccc(CNc2cccc(C(=O)N=S(C)(C)=O)c2)s1. The van der Waals surface area contributed by atoms with E-state index in [1.165, 1.54) is 22.3 Å². The fourth-order valence-electron chi connectivity index (χ4n) is 1.78. The highest BCUT2D eigenvalue weighted by atomic mass is 32.2. The molecule has 0 saturated heterocycles. The van der Waals surface area contributed by atoms with Crippen LogP contribution >= 0.6 is 11.3 Å². The van der Waals surface area contributed by atoms with E-state index in [4.69, 9.17) is 0 Å². The first-order valence-electron chi connectivity index (χ1n) is 6.44. The molecule has 1 aromatic carbocycles. The summed E-state index contributed by atoms with van der Waals surface area (Å²) in [5, 5.41) is 3.28. The number of anilines is 1. The molecule has 0 radical (unpaired) electrons. The summed E-state index contributed by atoms with van der Waals surface area (Å²) in [6.45, 7) is 2.79. The fourth-order valence-corrected chi connectivity index (χ4v) is 3.12. The molecule has 0 aliphatic heterocycles. The van der Waals surface area contributed by atoms with Crippen LogP contribution in [0.25, 0.3) is 0 Å². The molecule has 1 amide bonds. The molecule has 1 heterocycles. The molecule has 0 bridgehead atoms. The van der Waals surface area contributed by atoms with E-state index in [9.17, 15) is 9.00 Å². The van der Waals surface area contributed by atoms with Crippen molar-refractivity contribution in [1.82, 2.24) is 0 Å². The van der Waals surface area contributed by atoms with E-state index in [0.29, 0.717) is 12.1 Å². The van der Waals surface area contributed by atoms with Crippen molar-refractivity contribution in [1.29, 1.82) is 0 Å². The van der Waals surface area contributed by atoms with Crippen molar-refractivity contribution in [3.8, 4) is 0 Å². The summed E-state index contributed by atoms with van der Waals surface area (Å²) in [5.74, 6) is -0.444. The molecule has 0 spiro atoms. The Morgan fingerprint density at radius 3 is 2.67 bits per heavy atom. The topological polar surface area (TPSA) is 58.5 Å². The molecule has 21 heavy (non-hydrogen) atoms. The molecule has 6 heteroatoms. The monoisotopic (exact) mass is 322 g/mol. The molecule has 0 fully saturated rings. The standard InChI is InChI=1S/C15H18N2O2S2/c1-11-7-8-14(20-11)10-16-13-6-4-5-12(9-13)15(18)17-21(2,3)19/h4-9,16H,10H2,1-3H3. The van der Waals surface area contributed by atoms with Gasteiger partial charge in [-0.1, -0.05) is 6.07 Å². The van der Waals surface area contributed by atoms with E-state index in [1.807, 2.05) is 6.07 Å². The van der Waals surface area contributed by atoms with Gasteiger partial charge in [-0.05, 0) is 37.3 Å². The van der Waals surface area contributed by atoms with Crippen LogP contribution in [0, 0.1) is 6.92 Å². The number of hydrogen-bond donors (Lipinski definition) is 1. The molecular weight excluding hydrogens is 304 g/mol. The Kier molecular flexibility index (Phi) is 4.80. The second-order valence-corrected chi connectivity index (χ2v) is 8.94. The second-order valence-electron chi connectivity index (χ2n) is 5.02. The number of rotatable bonds is 4. The van der Waals surface area contributed by atoms with Crippen molar-refractivity contribution < 1.29 is 9.00 Å². The number of nitrogens with zero attached hydrogens (tertiary/aromatic N) is 1. The van der Waals surface area contributed by atoms with Crippen molar-refractivity contribution in [2.75, 3.05) is 17.8 Å². The molecule has 1 N–H and O–H groups in total. The number of carbonyl (C=O) groups excluding carboxylic acids is 1. The summed E-state index contributed by atoms with van der Waals surface area (Å²) in [6, 6.07) is 11.3. The summed E-state index contributed by atoms with van der Waals surface area (Å²) in [4.78, 5) is 14.4. The van der Waals surface area contributed by atoms with Crippen LogP contribution in [0.15, 0.2) is 40.8 Å². The van der Waals surface area contributed by atoms with E-state index < -0.39 is 15.6 Å². The largest absolute Gasteiger partial charge is 0.380 e. The predicted octanol–water partition coefficient (Wildman–Crippen LogP) is 3.54. The Hall–Kier alpha value is -1.66. The summed E-state index contributed by atoms with van der Waals surface area (Å²) >= 11 is 1.74. The number of nitrogens with one attached hydrogen (secondary N) is 1. The zero-order valence-corrected chi connectivity index (χ0v) is 13.9.